The lowest BCUT2D eigenvalue weighted by molar-refractivity contribution is -0.140. The predicted octanol–water partition coefficient (Wildman–Crippen LogP) is 1.93. The van der Waals surface area contributed by atoms with Gasteiger partial charge in [-0.1, -0.05) is 0 Å². The quantitative estimate of drug-likeness (QED) is 0.898. The van der Waals surface area contributed by atoms with Gasteiger partial charge < -0.3 is 19.9 Å². The van der Waals surface area contributed by atoms with Crippen LogP contribution in [0.15, 0.2) is 24.3 Å². The second-order valence-electron chi connectivity index (χ2n) is 6.14. The standard InChI is InChI=1S/C17H22FN3O3/c18-14-1-3-15(4-2-14)19-17(23)21-7-5-13(6-8-21)16(22)20-9-11-24-12-10-20/h1-4,13H,5-12H2,(H,19,23). The number of urea groups is 1. The molecule has 2 fully saturated rings. The molecule has 2 heterocycles. The largest absolute Gasteiger partial charge is 0.378 e. The highest BCUT2D eigenvalue weighted by Crippen LogP contribution is 2.21. The minimum atomic E-state index is -0.338. The lowest BCUT2D eigenvalue weighted by Crippen LogP contribution is -2.48. The van der Waals surface area contributed by atoms with Crippen LogP contribution in [-0.2, 0) is 9.53 Å². The van der Waals surface area contributed by atoms with E-state index in [-0.39, 0.29) is 23.7 Å². The van der Waals surface area contributed by atoms with Crippen LogP contribution < -0.4 is 5.32 Å². The van der Waals surface area contributed by atoms with Crippen molar-refractivity contribution in [3.63, 3.8) is 0 Å². The summed E-state index contributed by atoms with van der Waals surface area (Å²) >= 11 is 0. The van der Waals surface area contributed by atoms with Crippen LogP contribution in [0.5, 0.6) is 0 Å². The Hall–Kier alpha value is -2.15. The zero-order valence-electron chi connectivity index (χ0n) is 13.5. The zero-order valence-corrected chi connectivity index (χ0v) is 13.5. The van der Waals surface area contributed by atoms with Crippen molar-refractivity contribution in [2.45, 2.75) is 12.8 Å². The maximum atomic E-state index is 12.9. The van der Waals surface area contributed by atoms with Crippen LogP contribution in [0.3, 0.4) is 0 Å². The molecule has 2 aliphatic rings. The highest BCUT2D eigenvalue weighted by atomic mass is 19.1. The summed E-state index contributed by atoms with van der Waals surface area (Å²) in [6.45, 7) is 3.62. The molecule has 3 rings (SSSR count). The van der Waals surface area contributed by atoms with Gasteiger partial charge in [0.05, 0.1) is 13.2 Å². The van der Waals surface area contributed by atoms with Crippen molar-refractivity contribution in [2.75, 3.05) is 44.7 Å². The fourth-order valence-electron chi connectivity index (χ4n) is 3.11. The highest BCUT2D eigenvalue weighted by Gasteiger charge is 2.30. The van der Waals surface area contributed by atoms with E-state index in [0.29, 0.717) is 57.9 Å². The first-order valence-corrected chi connectivity index (χ1v) is 8.31. The van der Waals surface area contributed by atoms with Crippen LogP contribution in [0.4, 0.5) is 14.9 Å². The molecule has 1 aromatic carbocycles. The molecule has 3 amide bonds. The van der Waals surface area contributed by atoms with Crippen molar-refractivity contribution in [1.82, 2.24) is 9.80 Å². The molecular formula is C17H22FN3O3. The molecular weight excluding hydrogens is 313 g/mol. The summed E-state index contributed by atoms with van der Waals surface area (Å²) in [5.74, 6) is -0.176. The molecule has 2 aliphatic heterocycles. The van der Waals surface area contributed by atoms with E-state index in [9.17, 15) is 14.0 Å². The van der Waals surface area contributed by atoms with Crippen LogP contribution in [-0.4, -0.2) is 61.1 Å². The lowest BCUT2D eigenvalue weighted by Gasteiger charge is -2.35. The smallest absolute Gasteiger partial charge is 0.321 e. The third kappa shape index (κ3) is 4.03. The van der Waals surface area contributed by atoms with E-state index in [1.165, 1.54) is 24.3 Å². The summed E-state index contributed by atoms with van der Waals surface area (Å²) in [5.41, 5.74) is 0.563. The highest BCUT2D eigenvalue weighted by molar-refractivity contribution is 5.89. The zero-order chi connectivity index (χ0) is 16.9. The van der Waals surface area contributed by atoms with Crippen molar-refractivity contribution in [3.05, 3.63) is 30.1 Å². The van der Waals surface area contributed by atoms with Gasteiger partial charge in [0.1, 0.15) is 5.82 Å². The van der Waals surface area contributed by atoms with Gasteiger partial charge in [-0.05, 0) is 37.1 Å². The Morgan fingerprint density at radius 3 is 2.25 bits per heavy atom. The second kappa shape index (κ2) is 7.61. The summed E-state index contributed by atoms with van der Waals surface area (Å²) < 4.78 is 18.2. The molecule has 0 radical (unpaired) electrons. The normalized spacial score (nSPS) is 19.2. The molecule has 0 unspecified atom stereocenters. The SMILES string of the molecule is O=C(Nc1ccc(F)cc1)N1CCC(C(=O)N2CCOCC2)CC1. The predicted molar refractivity (Wildman–Crippen MR) is 87.1 cm³/mol. The average molecular weight is 335 g/mol. The number of piperidine rings is 1. The number of anilines is 1. The number of carbonyl (C=O) groups excluding carboxylic acids is 2. The summed E-state index contributed by atoms with van der Waals surface area (Å²) in [5, 5.41) is 2.75. The third-order valence-electron chi connectivity index (χ3n) is 4.55. The fourth-order valence-corrected chi connectivity index (χ4v) is 3.11. The molecule has 0 aliphatic carbocycles. The Bertz CT molecular complexity index is 579. The Kier molecular flexibility index (Phi) is 5.30. The maximum Gasteiger partial charge on any atom is 0.321 e. The Morgan fingerprint density at radius 2 is 1.62 bits per heavy atom. The first kappa shape index (κ1) is 16.7. The van der Waals surface area contributed by atoms with Gasteiger partial charge in [-0.25, -0.2) is 9.18 Å². The first-order chi connectivity index (χ1) is 11.6. The molecule has 2 saturated heterocycles. The van der Waals surface area contributed by atoms with Crippen LogP contribution in [0.25, 0.3) is 0 Å². The fraction of sp³-hybridized carbons (Fsp3) is 0.529. The number of amides is 3. The number of hydrogen-bond donors (Lipinski definition) is 1. The van der Waals surface area contributed by atoms with Crippen molar-refractivity contribution in [1.29, 1.82) is 0 Å². The molecule has 0 spiro atoms. The first-order valence-electron chi connectivity index (χ1n) is 8.31. The average Bonchev–Trinajstić information content (AvgIpc) is 2.64. The van der Waals surface area contributed by atoms with Crippen molar-refractivity contribution >= 4 is 17.6 Å². The van der Waals surface area contributed by atoms with Gasteiger partial charge in [-0.3, -0.25) is 4.79 Å². The molecule has 6 nitrogen and oxygen atoms in total. The van der Waals surface area contributed by atoms with Crippen molar-refractivity contribution < 1.29 is 18.7 Å². The lowest BCUT2D eigenvalue weighted by atomic mass is 9.95. The molecule has 130 valence electrons. The Balaban J connectivity index is 1.48. The summed E-state index contributed by atoms with van der Waals surface area (Å²) in [6, 6.07) is 5.47. The van der Waals surface area contributed by atoms with Crippen LogP contribution in [0.1, 0.15) is 12.8 Å². The summed E-state index contributed by atoms with van der Waals surface area (Å²) in [6.07, 6.45) is 1.35. The van der Waals surface area contributed by atoms with Gasteiger partial charge in [-0.2, -0.15) is 0 Å². The topological polar surface area (TPSA) is 61.9 Å². The van der Waals surface area contributed by atoms with E-state index in [1.54, 1.807) is 4.90 Å². The third-order valence-corrected chi connectivity index (χ3v) is 4.55. The van der Waals surface area contributed by atoms with E-state index >= 15 is 0 Å². The van der Waals surface area contributed by atoms with Gasteiger partial charge in [0, 0.05) is 37.8 Å². The van der Waals surface area contributed by atoms with Gasteiger partial charge in [0.15, 0.2) is 0 Å². The summed E-state index contributed by atoms with van der Waals surface area (Å²) in [7, 11) is 0. The second-order valence-corrected chi connectivity index (χ2v) is 6.14. The number of benzene rings is 1. The van der Waals surface area contributed by atoms with Crippen LogP contribution in [0.2, 0.25) is 0 Å². The molecule has 0 saturated carbocycles. The monoisotopic (exact) mass is 335 g/mol. The van der Waals surface area contributed by atoms with Gasteiger partial charge in [-0.15, -0.1) is 0 Å². The number of carbonyl (C=O) groups is 2. The Morgan fingerprint density at radius 1 is 1.00 bits per heavy atom. The van der Waals surface area contributed by atoms with Gasteiger partial charge in [0.2, 0.25) is 5.91 Å². The molecule has 0 aromatic heterocycles. The number of nitrogens with zero attached hydrogens (tertiary/aromatic N) is 2. The number of hydrogen-bond acceptors (Lipinski definition) is 3. The summed E-state index contributed by atoms with van der Waals surface area (Å²) in [4.78, 5) is 28.3. The van der Waals surface area contributed by atoms with Crippen LogP contribution >= 0.6 is 0 Å². The van der Waals surface area contributed by atoms with Gasteiger partial charge in [0.25, 0.3) is 0 Å². The minimum absolute atomic E-state index is 0.0158. The number of morpholine rings is 1. The Labute approximate surface area is 140 Å². The van der Waals surface area contributed by atoms with Crippen LogP contribution in [0, 0.1) is 11.7 Å². The van der Waals surface area contributed by atoms with Gasteiger partial charge >= 0.3 is 6.03 Å². The number of ether oxygens (including phenoxy) is 1. The number of nitrogens with one attached hydrogen (secondary N) is 1. The molecule has 1 aromatic rings. The van der Waals surface area contributed by atoms with E-state index in [2.05, 4.69) is 5.32 Å². The minimum Gasteiger partial charge on any atom is -0.378 e. The number of halogens is 1. The molecule has 0 bridgehead atoms. The number of rotatable bonds is 2. The van der Waals surface area contributed by atoms with E-state index < -0.39 is 0 Å². The molecule has 1 N–H and O–H groups in total. The maximum absolute atomic E-state index is 12.9. The van der Waals surface area contributed by atoms with E-state index in [1.807, 2.05) is 4.90 Å². The van der Waals surface area contributed by atoms with Crippen molar-refractivity contribution in [3.8, 4) is 0 Å². The van der Waals surface area contributed by atoms with Crippen molar-refractivity contribution in [2.24, 2.45) is 5.92 Å². The molecule has 0 atom stereocenters. The molecule has 24 heavy (non-hydrogen) atoms. The van der Waals surface area contributed by atoms with E-state index in [0.717, 1.165) is 0 Å². The molecule has 7 heteroatoms. The number of likely N-dealkylation sites (tertiary alicyclic amines) is 1. The van der Waals surface area contributed by atoms with E-state index in [4.69, 9.17) is 4.74 Å².